The molecule has 2 atom stereocenters. The lowest BCUT2D eigenvalue weighted by Gasteiger charge is -2.52. The highest BCUT2D eigenvalue weighted by atomic mass is 79.9. The largest absolute Gasteiger partial charge is 0.489 e. The van der Waals surface area contributed by atoms with E-state index in [0.29, 0.717) is 26.4 Å². The molecule has 8 heteroatoms. The van der Waals surface area contributed by atoms with Crippen molar-refractivity contribution < 1.29 is 23.9 Å². The van der Waals surface area contributed by atoms with E-state index in [9.17, 15) is 0 Å². The summed E-state index contributed by atoms with van der Waals surface area (Å²) in [6, 6.07) is 23.2. The van der Waals surface area contributed by atoms with Crippen LogP contribution in [0.2, 0.25) is 0 Å². The first-order valence-electron chi connectivity index (χ1n) is 20.1. The summed E-state index contributed by atoms with van der Waals surface area (Å²) in [7, 11) is 0. The van der Waals surface area contributed by atoms with Crippen LogP contribution in [0.4, 0.5) is 0 Å². The third-order valence-electron chi connectivity index (χ3n) is 11.2. The van der Waals surface area contributed by atoms with Gasteiger partial charge in [0.05, 0.1) is 6.61 Å². The van der Waals surface area contributed by atoms with Gasteiger partial charge in [-0.15, -0.1) is 0 Å². The molecule has 0 saturated carbocycles. The van der Waals surface area contributed by atoms with Crippen molar-refractivity contribution in [2.75, 3.05) is 11.9 Å². The highest BCUT2D eigenvalue weighted by molar-refractivity contribution is 9.09. The number of hydroxylamine groups is 4. The molecule has 0 spiro atoms. The molecule has 0 aromatic heterocycles. The van der Waals surface area contributed by atoms with Gasteiger partial charge in [-0.2, -0.15) is 10.1 Å². The summed E-state index contributed by atoms with van der Waals surface area (Å²) in [5.74, 6) is 1.51. The van der Waals surface area contributed by atoms with Crippen molar-refractivity contribution in [2.45, 2.75) is 168 Å². The molecular formula is C46H67BrN2O5. The lowest BCUT2D eigenvalue weighted by molar-refractivity contribution is -0.304. The van der Waals surface area contributed by atoms with E-state index in [2.05, 4.69) is 156 Å². The van der Waals surface area contributed by atoms with Crippen LogP contribution >= 0.6 is 15.9 Å². The fourth-order valence-electron chi connectivity index (χ4n) is 8.29. The average Bonchev–Trinajstić information content (AvgIpc) is 3.11. The highest BCUT2D eigenvalue weighted by Gasteiger charge is 2.44. The lowest BCUT2D eigenvalue weighted by atomic mass is 9.82. The van der Waals surface area contributed by atoms with Gasteiger partial charge in [-0.1, -0.05) is 64.5 Å². The zero-order valence-corrected chi connectivity index (χ0v) is 36.4. The predicted octanol–water partition coefficient (Wildman–Crippen LogP) is 12.2. The van der Waals surface area contributed by atoms with Crippen molar-refractivity contribution in [3.63, 3.8) is 0 Å². The number of halogens is 1. The molecule has 2 aliphatic heterocycles. The number of alkyl halides is 1. The monoisotopic (exact) mass is 806 g/mol. The normalized spacial score (nSPS) is 20.6. The van der Waals surface area contributed by atoms with Crippen molar-refractivity contribution in [1.29, 1.82) is 0 Å². The van der Waals surface area contributed by atoms with Gasteiger partial charge in [0, 0.05) is 40.2 Å². The van der Waals surface area contributed by atoms with Crippen LogP contribution in [0.25, 0.3) is 0 Å². The summed E-state index contributed by atoms with van der Waals surface area (Å²) in [6.07, 6.45) is 7.85. The molecule has 7 nitrogen and oxygen atoms in total. The topological polar surface area (TPSA) is 52.6 Å². The predicted molar refractivity (Wildman–Crippen MR) is 223 cm³/mol. The highest BCUT2D eigenvalue weighted by Crippen LogP contribution is 2.42. The van der Waals surface area contributed by atoms with Gasteiger partial charge in [-0.05, 0) is 154 Å². The van der Waals surface area contributed by atoms with Crippen LogP contribution < -0.4 is 9.47 Å². The second-order valence-corrected chi connectivity index (χ2v) is 18.8. The van der Waals surface area contributed by atoms with Crippen LogP contribution in [0.1, 0.15) is 154 Å². The number of piperidine rings is 2. The Hall–Kier alpha value is -2.46. The molecule has 0 amide bonds. The average molecular weight is 808 g/mol. The second-order valence-electron chi connectivity index (χ2n) is 18.0. The zero-order valence-electron chi connectivity index (χ0n) is 34.8. The molecule has 2 heterocycles. The Kier molecular flexibility index (Phi) is 14.4. The Morgan fingerprint density at radius 2 is 0.944 bits per heavy atom. The zero-order chi connectivity index (χ0) is 39.1. The van der Waals surface area contributed by atoms with Crippen LogP contribution in [0, 0.1) is 0 Å². The van der Waals surface area contributed by atoms with Gasteiger partial charge in [0.15, 0.2) is 0 Å². The molecular weight excluding hydrogens is 740 g/mol. The Balaban J connectivity index is 1.20. The van der Waals surface area contributed by atoms with Gasteiger partial charge < -0.3 is 14.2 Å². The number of nitrogens with zero attached hydrogens (tertiary/aromatic N) is 2. The van der Waals surface area contributed by atoms with Crippen molar-refractivity contribution >= 4 is 15.9 Å². The Morgan fingerprint density at radius 1 is 0.556 bits per heavy atom. The molecule has 0 radical (unpaired) electrons. The first-order valence-corrected chi connectivity index (χ1v) is 21.3. The first-order chi connectivity index (χ1) is 25.5. The van der Waals surface area contributed by atoms with Crippen LogP contribution in [0.3, 0.4) is 0 Å². The van der Waals surface area contributed by atoms with Gasteiger partial charge in [0.2, 0.25) is 0 Å². The molecule has 0 aliphatic carbocycles. The maximum Gasteiger partial charge on any atom is 0.123 e. The Morgan fingerprint density at radius 3 is 1.31 bits per heavy atom. The van der Waals surface area contributed by atoms with E-state index < -0.39 is 0 Å². The van der Waals surface area contributed by atoms with Crippen molar-refractivity contribution in [2.24, 2.45) is 0 Å². The third kappa shape index (κ3) is 11.3. The summed E-state index contributed by atoms with van der Waals surface area (Å²) >= 11 is 3.49. The smallest absolute Gasteiger partial charge is 0.123 e. The van der Waals surface area contributed by atoms with Gasteiger partial charge >= 0.3 is 0 Å². The molecule has 298 valence electrons. The Bertz CT molecular complexity index is 1480. The minimum absolute atomic E-state index is 0.000705. The molecule has 5 rings (SSSR count). The third-order valence-corrected chi connectivity index (χ3v) is 11.8. The van der Waals surface area contributed by atoms with E-state index in [-0.39, 0.29) is 34.4 Å². The van der Waals surface area contributed by atoms with Crippen molar-refractivity contribution in [1.82, 2.24) is 10.1 Å². The molecule has 3 aromatic rings. The summed E-state index contributed by atoms with van der Waals surface area (Å²) in [5.41, 5.74) is 5.52. The Labute approximate surface area is 335 Å². The molecule has 2 fully saturated rings. The lowest BCUT2D eigenvalue weighted by Crippen LogP contribution is -2.58. The minimum Gasteiger partial charge on any atom is -0.489 e. The van der Waals surface area contributed by atoms with Crippen molar-refractivity contribution in [3.8, 4) is 11.5 Å². The van der Waals surface area contributed by atoms with E-state index in [1.807, 2.05) is 6.07 Å². The fraction of sp³-hybridized carbons (Fsp3) is 0.609. The summed E-state index contributed by atoms with van der Waals surface area (Å²) < 4.78 is 18.7. The quantitative estimate of drug-likeness (QED) is 0.0994. The molecule has 2 aliphatic rings. The van der Waals surface area contributed by atoms with E-state index in [1.54, 1.807) is 0 Å². The van der Waals surface area contributed by atoms with Gasteiger partial charge in [0.1, 0.15) is 36.9 Å². The van der Waals surface area contributed by atoms with E-state index >= 15 is 0 Å². The molecule has 54 heavy (non-hydrogen) atoms. The standard InChI is InChI=1S/C46H67BrN2O5/c1-34(53-48-43(3,4)22-11-23-44(48,5)6)39-18-14-36(15-19-39)32-51-41-28-38(31-50-27-13-26-47)29-42(30-41)52-33-37-16-20-40(21-17-37)35(2)54-49-45(7,8)24-12-25-46(49,9)10/h14-21,28-30,34-35H,11-13,22-27,31-33H2,1-10H3. The number of benzene rings is 3. The minimum atomic E-state index is -0.0511. The molecule has 0 N–H and O–H groups in total. The van der Waals surface area contributed by atoms with Gasteiger partial charge in [0.25, 0.3) is 0 Å². The fourth-order valence-corrected chi connectivity index (χ4v) is 8.52. The summed E-state index contributed by atoms with van der Waals surface area (Å²) in [6.45, 7) is 24.6. The van der Waals surface area contributed by atoms with Crippen LogP contribution in [0.15, 0.2) is 66.7 Å². The second kappa shape index (κ2) is 18.2. The SMILES string of the molecule is CC(ON1C(C)(C)CCCC1(C)C)c1ccc(COc2cc(COCCCBr)cc(OCc3ccc(C(C)ON4C(C)(C)CCCC4(C)C)cc3)c2)cc1. The van der Waals surface area contributed by atoms with Crippen LogP contribution in [0.5, 0.6) is 11.5 Å². The van der Waals surface area contributed by atoms with Gasteiger partial charge in [-0.3, -0.25) is 9.68 Å². The molecule has 3 aromatic carbocycles. The summed E-state index contributed by atoms with van der Waals surface area (Å²) in [4.78, 5) is 13.3. The first kappa shape index (κ1) is 42.7. The van der Waals surface area contributed by atoms with Crippen LogP contribution in [-0.2, 0) is 34.2 Å². The van der Waals surface area contributed by atoms with Crippen molar-refractivity contribution in [3.05, 3.63) is 94.5 Å². The summed E-state index contributed by atoms with van der Waals surface area (Å²) in [5, 5.41) is 5.40. The number of ether oxygens (including phenoxy) is 3. The maximum absolute atomic E-state index is 6.63. The number of hydrogen-bond donors (Lipinski definition) is 0. The van der Waals surface area contributed by atoms with Crippen LogP contribution in [-0.4, -0.2) is 44.2 Å². The van der Waals surface area contributed by atoms with E-state index in [1.165, 1.54) is 12.8 Å². The van der Waals surface area contributed by atoms with E-state index in [4.69, 9.17) is 23.9 Å². The van der Waals surface area contributed by atoms with E-state index in [0.717, 1.165) is 76.8 Å². The van der Waals surface area contributed by atoms with Gasteiger partial charge in [-0.25, -0.2) is 0 Å². The molecule has 0 bridgehead atoms. The number of hydrogen-bond acceptors (Lipinski definition) is 7. The molecule has 2 saturated heterocycles. The molecule has 2 unspecified atom stereocenters. The maximum atomic E-state index is 6.63. The number of rotatable bonds is 17.